The molecule has 9 heteroatoms. The molecule has 0 unspecified atom stereocenters. The Kier molecular flexibility index (Phi) is 8.23. The molecule has 2 aromatic rings. The summed E-state index contributed by atoms with van der Waals surface area (Å²) in [5.41, 5.74) is 0.802. The molecule has 0 spiro atoms. The lowest BCUT2D eigenvalue weighted by atomic mass is 9.92. The molecular formula is C26H30ClF2N3O3. The first kappa shape index (κ1) is 25.4. The third kappa shape index (κ3) is 6.30. The molecule has 0 radical (unpaired) electrons. The van der Waals surface area contributed by atoms with Gasteiger partial charge in [-0.15, -0.1) is 0 Å². The highest BCUT2D eigenvalue weighted by atomic mass is 35.5. The molecule has 2 aliphatic heterocycles. The highest BCUT2D eigenvalue weighted by Crippen LogP contribution is 2.26. The summed E-state index contributed by atoms with van der Waals surface area (Å²) in [6.07, 6.45) is 3.39. The number of amides is 2. The van der Waals surface area contributed by atoms with Crippen molar-refractivity contribution < 1.29 is 23.5 Å². The minimum Gasteiger partial charge on any atom is -0.508 e. The van der Waals surface area contributed by atoms with Gasteiger partial charge in [-0.1, -0.05) is 29.8 Å². The van der Waals surface area contributed by atoms with Crippen molar-refractivity contribution in [2.24, 2.45) is 5.92 Å². The Hall–Kier alpha value is -2.71. The predicted molar refractivity (Wildman–Crippen MR) is 129 cm³/mol. The Labute approximate surface area is 208 Å². The molecule has 2 amide bonds. The van der Waals surface area contributed by atoms with E-state index in [1.54, 1.807) is 18.2 Å². The van der Waals surface area contributed by atoms with Crippen LogP contribution in [-0.2, 0) is 22.6 Å². The summed E-state index contributed by atoms with van der Waals surface area (Å²) >= 11 is 5.72. The van der Waals surface area contributed by atoms with Gasteiger partial charge in [0.25, 0.3) is 0 Å². The fourth-order valence-corrected chi connectivity index (χ4v) is 5.15. The van der Waals surface area contributed by atoms with Crippen LogP contribution in [0.4, 0.5) is 8.78 Å². The zero-order valence-electron chi connectivity index (χ0n) is 19.5. The molecule has 188 valence electrons. The van der Waals surface area contributed by atoms with Gasteiger partial charge in [-0.05, 0) is 50.9 Å². The van der Waals surface area contributed by atoms with E-state index in [-0.39, 0.29) is 47.0 Å². The number of carbonyl (C=O) groups is 2. The van der Waals surface area contributed by atoms with E-state index in [1.165, 1.54) is 6.07 Å². The summed E-state index contributed by atoms with van der Waals surface area (Å²) in [6.45, 7) is 2.93. The van der Waals surface area contributed by atoms with Crippen molar-refractivity contribution in [1.29, 1.82) is 0 Å². The Morgan fingerprint density at radius 1 is 0.971 bits per heavy atom. The van der Waals surface area contributed by atoms with Gasteiger partial charge in [-0.25, -0.2) is 8.78 Å². The van der Waals surface area contributed by atoms with Gasteiger partial charge in [0.1, 0.15) is 17.4 Å². The smallest absolute Gasteiger partial charge is 0.227 e. The van der Waals surface area contributed by atoms with Crippen molar-refractivity contribution in [3.05, 3.63) is 64.2 Å². The second kappa shape index (κ2) is 11.4. The number of phenolic OH excluding ortho intramolecular Hbond substituents is 1. The second-order valence-electron chi connectivity index (χ2n) is 9.30. The maximum absolute atomic E-state index is 13.9. The van der Waals surface area contributed by atoms with E-state index in [4.69, 9.17) is 11.6 Å². The van der Waals surface area contributed by atoms with Gasteiger partial charge in [-0.2, -0.15) is 0 Å². The van der Waals surface area contributed by atoms with Crippen LogP contribution < -0.4 is 5.32 Å². The van der Waals surface area contributed by atoms with Crippen molar-refractivity contribution in [3.63, 3.8) is 0 Å². The highest BCUT2D eigenvalue weighted by molar-refractivity contribution is 6.30. The summed E-state index contributed by atoms with van der Waals surface area (Å²) < 4.78 is 27.2. The summed E-state index contributed by atoms with van der Waals surface area (Å²) in [5, 5.41) is 12.5. The Morgan fingerprint density at radius 2 is 1.66 bits per heavy atom. The van der Waals surface area contributed by atoms with Crippen LogP contribution >= 0.6 is 11.6 Å². The first-order valence-electron chi connectivity index (χ1n) is 12.0. The van der Waals surface area contributed by atoms with Gasteiger partial charge in [0, 0.05) is 48.8 Å². The minimum absolute atomic E-state index is 0.0270. The average molecular weight is 506 g/mol. The number of aromatic hydroxyl groups is 1. The third-order valence-electron chi connectivity index (χ3n) is 7.11. The van der Waals surface area contributed by atoms with E-state index >= 15 is 0 Å². The van der Waals surface area contributed by atoms with Crippen LogP contribution in [0.15, 0.2) is 36.4 Å². The summed E-state index contributed by atoms with van der Waals surface area (Å²) in [6, 6.07) is 9.23. The maximum Gasteiger partial charge on any atom is 0.227 e. The van der Waals surface area contributed by atoms with Crippen LogP contribution in [0.2, 0.25) is 5.02 Å². The molecule has 2 fully saturated rings. The fourth-order valence-electron chi connectivity index (χ4n) is 4.97. The summed E-state index contributed by atoms with van der Waals surface area (Å²) in [7, 11) is 0. The number of para-hydroxylation sites is 1. The average Bonchev–Trinajstić information content (AvgIpc) is 2.87. The van der Waals surface area contributed by atoms with Gasteiger partial charge in [-0.3, -0.25) is 9.59 Å². The quantitative estimate of drug-likeness (QED) is 0.584. The van der Waals surface area contributed by atoms with E-state index in [1.807, 2.05) is 11.0 Å². The van der Waals surface area contributed by atoms with Crippen LogP contribution in [0.3, 0.4) is 0 Å². The van der Waals surface area contributed by atoms with Crippen LogP contribution in [0.25, 0.3) is 0 Å². The topological polar surface area (TPSA) is 72.9 Å². The monoisotopic (exact) mass is 505 g/mol. The van der Waals surface area contributed by atoms with Gasteiger partial charge < -0.3 is 20.2 Å². The standard InChI is InChI=1S/C26H30ClF2N3O3/c27-21-13-19(22(28)15-23(21)29)16-30-26(35)17-5-9-31(10-6-17)20-7-11-32(12-8-20)25(34)14-18-3-1-2-4-24(18)33/h1-4,13,15,17,20,33H,5-12,14,16H2,(H,30,35). The number of halogens is 3. The molecule has 2 aromatic carbocycles. The molecule has 35 heavy (non-hydrogen) atoms. The number of nitrogens with one attached hydrogen (secondary N) is 1. The number of likely N-dealkylation sites (tertiary alicyclic amines) is 2. The van der Waals surface area contributed by atoms with Gasteiger partial charge in [0.2, 0.25) is 11.8 Å². The molecule has 0 bridgehead atoms. The van der Waals surface area contributed by atoms with Crippen LogP contribution in [0.1, 0.15) is 36.8 Å². The van der Waals surface area contributed by atoms with Gasteiger partial charge >= 0.3 is 0 Å². The van der Waals surface area contributed by atoms with Crippen molar-refractivity contribution in [2.45, 2.75) is 44.7 Å². The van der Waals surface area contributed by atoms with Gasteiger partial charge in [0.05, 0.1) is 11.4 Å². The zero-order valence-corrected chi connectivity index (χ0v) is 20.2. The Morgan fingerprint density at radius 3 is 2.34 bits per heavy atom. The van der Waals surface area contributed by atoms with Crippen LogP contribution in [-0.4, -0.2) is 58.9 Å². The Bertz CT molecular complexity index is 1070. The fraction of sp³-hybridized carbons (Fsp3) is 0.462. The molecule has 0 aliphatic carbocycles. The number of hydrogen-bond acceptors (Lipinski definition) is 4. The summed E-state index contributed by atoms with van der Waals surface area (Å²) in [4.78, 5) is 29.5. The van der Waals surface area contributed by atoms with Crippen molar-refractivity contribution >= 4 is 23.4 Å². The molecule has 0 atom stereocenters. The third-order valence-corrected chi connectivity index (χ3v) is 7.40. The molecule has 2 heterocycles. The minimum atomic E-state index is -0.822. The largest absolute Gasteiger partial charge is 0.508 e. The zero-order chi connectivity index (χ0) is 24.9. The van der Waals surface area contributed by atoms with E-state index < -0.39 is 11.6 Å². The molecule has 0 saturated carbocycles. The number of rotatable bonds is 6. The molecule has 4 rings (SSSR count). The molecule has 2 aliphatic rings. The molecule has 6 nitrogen and oxygen atoms in total. The van der Waals surface area contributed by atoms with E-state index in [0.29, 0.717) is 37.5 Å². The van der Waals surface area contributed by atoms with Crippen molar-refractivity contribution in [2.75, 3.05) is 26.2 Å². The number of phenols is 1. The molecule has 2 saturated heterocycles. The van der Waals surface area contributed by atoms with Gasteiger partial charge in [0.15, 0.2) is 0 Å². The number of carbonyl (C=O) groups excluding carboxylic acids is 2. The molecule has 2 N–H and O–H groups in total. The van der Waals surface area contributed by atoms with Crippen LogP contribution in [0.5, 0.6) is 5.75 Å². The van der Waals surface area contributed by atoms with E-state index in [2.05, 4.69) is 10.2 Å². The molecular weight excluding hydrogens is 476 g/mol. The lowest BCUT2D eigenvalue weighted by Crippen LogP contribution is -2.50. The lowest BCUT2D eigenvalue weighted by Gasteiger charge is -2.41. The predicted octanol–water partition coefficient (Wildman–Crippen LogP) is 3.89. The van der Waals surface area contributed by atoms with Crippen molar-refractivity contribution in [3.8, 4) is 5.75 Å². The van der Waals surface area contributed by atoms with E-state index in [0.717, 1.165) is 32.0 Å². The van der Waals surface area contributed by atoms with Crippen LogP contribution in [0, 0.1) is 17.6 Å². The molecule has 0 aromatic heterocycles. The number of piperidine rings is 2. The normalized spacial score (nSPS) is 18.0. The lowest BCUT2D eigenvalue weighted by molar-refractivity contribution is -0.132. The first-order valence-corrected chi connectivity index (χ1v) is 12.4. The van der Waals surface area contributed by atoms with E-state index in [9.17, 15) is 23.5 Å². The second-order valence-corrected chi connectivity index (χ2v) is 9.71. The number of hydrogen-bond donors (Lipinski definition) is 2. The summed E-state index contributed by atoms with van der Waals surface area (Å²) in [5.74, 6) is -1.65. The first-order chi connectivity index (χ1) is 16.8. The maximum atomic E-state index is 13.9. The number of nitrogens with zero attached hydrogens (tertiary/aromatic N) is 2. The Balaban J connectivity index is 1.19. The van der Waals surface area contributed by atoms with Crippen molar-refractivity contribution in [1.82, 2.24) is 15.1 Å². The highest BCUT2D eigenvalue weighted by Gasteiger charge is 2.31. The number of benzene rings is 2. The SMILES string of the molecule is O=C(NCc1cc(Cl)c(F)cc1F)C1CCN(C2CCN(C(=O)Cc3ccccc3O)CC2)CC1.